The minimum absolute atomic E-state index is 0.0874. The van der Waals surface area contributed by atoms with E-state index in [0.717, 1.165) is 11.6 Å². The monoisotopic (exact) mass is 505 g/mol. The molecule has 11 heteroatoms. The first kappa shape index (κ1) is 25.1. The zero-order valence-corrected chi connectivity index (χ0v) is 19.9. The molecule has 1 fully saturated rings. The van der Waals surface area contributed by atoms with Gasteiger partial charge in [-0.05, 0) is 43.7 Å². The third kappa shape index (κ3) is 5.96. The van der Waals surface area contributed by atoms with Crippen molar-refractivity contribution < 1.29 is 28.5 Å². The van der Waals surface area contributed by atoms with E-state index in [1.165, 1.54) is 6.07 Å². The summed E-state index contributed by atoms with van der Waals surface area (Å²) in [6, 6.07) is 9.38. The zero-order valence-electron chi connectivity index (χ0n) is 19.1. The third-order valence-corrected chi connectivity index (χ3v) is 5.74. The summed E-state index contributed by atoms with van der Waals surface area (Å²) in [4.78, 5) is 31.9. The number of ether oxygens (including phenoxy) is 3. The van der Waals surface area contributed by atoms with Crippen LogP contribution in [0.4, 0.5) is 4.39 Å². The Kier molecular flexibility index (Phi) is 7.36. The molecule has 0 spiro atoms. The number of rotatable bonds is 7. The summed E-state index contributed by atoms with van der Waals surface area (Å²) in [6.07, 6.45) is -1.02. The predicted molar refractivity (Wildman–Crippen MR) is 126 cm³/mol. The predicted octanol–water partition coefficient (Wildman–Crippen LogP) is 2.58. The normalized spacial score (nSPS) is 18.4. The molecule has 1 saturated heterocycles. The molecule has 0 bridgehead atoms. The Balaban J connectivity index is 1.47. The van der Waals surface area contributed by atoms with Crippen LogP contribution in [-0.2, 0) is 16.0 Å². The molecule has 1 amide bonds. The van der Waals surface area contributed by atoms with Crippen LogP contribution in [0, 0.1) is 5.82 Å². The van der Waals surface area contributed by atoms with Gasteiger partial charge in [0, 0.05) is 11.6 Å². The van der Waals surface area contributed by atoms with Crippen molar-refractivity contribution in [3.8, 4) is 5.75 Å². The number of aromatic amines is 1. The number of fused-ring (bicyclic) bond motifs is 1. The molecular weight excluding hydrogens is 481 g/mol. The molecule has 3 aromatic rings. The van der Waals surface area contributed by atoms with Crippen LogP contribution in [0.3, 0.4) is 0 Å². The first-order chi connectivity index (χ1) is 16.6. The van der Waals surface area contributed by atoms with Gasteiger partial charge in [-0.15, -0.1) is 0 Å². The molecule has 35 heavy (non-hydrogen) atoms. The second kappa shape index (κ2) is 10.3. The summed E-state index contributed by atoms with van der Waals surface area (Å²) in [5.41, 5.74) is -0.916. The fourth-order valence-electron chi connectivity index (χ4n) is 3.56. The Morgan fingerprint density at radius 3 is 2.80 bits per heavy atom. The lowest BCUT2D eigenvalue weighted by atomic mass is 10.0. The molecule has 1 aromatic heterocycles. The van der Waals surface area contributed by atoms with Gasteiger partial charge in [0.05, 0.1) is 24.3 Å². The molecule has 2 aromatic carbocycles. The van der Waals surface area contributed by atoms with Gasteiger partial charge in [0.1, 0.15) is 24.2 Å². The lowest BCUT2D eigenvalue weighted by Crippen LogP contribution is -2.49. The minimum Gasteiger partial charge on any atom is -0.487 e. The highest BCUT2D eigenvalue weighted by molar-refractivity contribution is 6.30. The minimum atomic E-state index is -1.06. The van der Waals surface area contributed by atoms with Gasteiger partial charge in [-0.1, -0.05) is 23.7 Å². The van der Waals surface area contributed by atoms with Crippen LogP contribution in [0.5, 0.6) is 5.75 Å². The highest BCUT2D eigenvalue weighted by Crippen LogP contribution is 2.26. The van der Waals surface area contributed by atoms with Crippen LogP contribution >= 0.6 is 11.6 Å². The standard InChI is InChI=1S/C24H25ClFN3O6/c1-24(2,32)18-12-33-15(10-34-18)11-35-20-16(26)6-7-17-19(20)22(30)29-21(28-17)23(31)27-9-13-4-3-5-14(25)8-13/h3-8,15,18,32H,9-12H2,1-2H3,(H,27,31)(H,28,29,30). The van der Waals surface area contributed by atoms with E-state index in [1.54, 1.807) is 38.1 Å². The van der Waals surface area contributed by atoms with E-state index >= 15 is 0 Å². The number of nitrogens with one attached hydrogen (secondary N) is 2. The number of aromatic nitrogens is 2. The molecule has 2 unspecified atom stereocenters. The first-order valence-corrected chi connectivity index (χ1v) is 11.3. The Bertz CT molecular complexity index is 1280. The number of amides is 1. The highest BCUT2D eigenvalue weighted by atomic mass is 35.5. The maximum absolute atomic E-state index is 14.6. The number of aliphatic hydroxyl groups is 1. The number of carbonyl (C=O) groups excluding carboxylic acids is 1. The fourth-order valence-corrected chi connectivity index (χ4v) is 3.78. The Labute approximate surface area is 205 Å². The van der Waals surface area contributed by atoms with Crippen LogP contribution in [0.25, 0.3) is 10.9 Å². The van der Waals surface area contributed by atoms with Crippen molar-refractivity contribution in [3.05, 3.63) is 69.0 Å². The summed E-state index contributed by atoms with van der Waals surface area (Å²) in [5.74, 6) is -1.88. The topological polar surface area (TPSA) is 123 Å². The van der Waals surface area contributed by atoms with Crippen molar-refractivity contribution in [3.63, 3.8) is 0 Å². The van der Waals surface area contributed by atoms with E-state index in [-0.39, 0.29) is 48.8 Å². The fraction of sp³-hybridized carbons (Fsp3) is 0.375. The van der Waals surface area contributed by atoms with Gasteiger partial charge in [0.25, 0.3) is 11.5 Å². The molecule has 1 aliphatic heterocycles. The van der Waals surface area contributed by atoms with Gasteiger partial charge in [-0.3, -0.25) is 9.59 Å². The number of carbonyl (C=O) groups is 1. The number of halogens is 2. The molecule has 186 valence electrons. The lowest BCUT2D eigenvalue weighted by molar-refractivity contribution is -0.194. The summed E-state index contributed by atoms with van der Waals surface area (Å²) >= 11 is 5.95. The van der Waals surface area contributed by atoms with Crippen molar-refractivity contribution >= 4 is 28.4 Å². The Morgan fingerprint density at radius 2 is 2.11 bits per heavy atom. The number of benzene rings is 2. The van der Waals surface area contributed by atoms with E-state index in [0.29, 0.717) is 5.02 Å². The smallest absolute Gasteiger partial charge is 0.287 e. The van der Waals surface area contributed by atoms with Crippen molar-refractivity contribution in [2.75, 3.05) is 19.8 Å². The average Bonchev–Trinajstić information content (AvgIpc) is 2.81. The molecule has 2 heterocycles. The number of hydrogen-bond acceptors (Lipinski definition) is 7. The van der Waals surface area contributed by atoms with Crippen molar-refractivity contribution in [2.24, 2.45) is 0 Å². The molecule has 1 aliphatic rings. The first-order valence-electron chi connectivity index (χ1n) is 11.0. The van der Waals surface area contributed by atoms with Crippen molar-refractivity contribution in [1.29, 1.82) is 0 Å². The lowest BCUT2D eigenvalue weighted by Gasteiger charge is -2.35. The molecule has 0 saturated carbocycles. The van der Waals surface area contributed by atoms with E-state index in [9.17, 15) is 19.1 Å². The van der Waals surface area contributed by atoms with E-state index in [2.05, 4.69) is 15.3 Å². The Morgan fingerprint density at radius 1 is 1.31 bits per heavy atom. The van der Waals surface area contributed by atoms with Crippen LogP contribution in [0.15, 0.2) is 41.2 Å². The summed E-state index contributed by atoms with van der Waals surface area (Å²) in [5, 5.41) is 13.1. The summed E-state index contributed by atoms with van der Waals surface area (Å²) in [6.45, 7) is 3.60. The maximum Gasteiger partial charge on any atom is 0.287 e. The second-order valence-corrected chi connectivity index (χ2v) is 9.18. The molecule has 2 atom stereocenters. The summed E-state index contributed by atoms with van der Waals surface area (Å²) < 4.78 is 31.4. The second-order valence-electron chi connectivity index (χ2n) is 8.74. The largest absolute Gasteiger partial charge is 0.487 e. The number of H-pyrrole nitrogens is 1. The van der Waals surface area contributed by atoms with Gasteiger partial charge in [-0.2, -0.15) is 0 Å². The van der Waals surface area contributed by atoms with Gasteiger partial charge in [0.2, 0.25) is 0 Å². The van der Waals surface area contributed by atoms with Crippen LogP contribution in [0.1, 0.15) is 30.0 Å². The molecule has 0 radical (unpaired) electrons. The van der Waals surface area contributed by atoms with Gasteiger partial charge >= 0.3 is 0 Å². The van der Waals surface area contributed by atoms with Crippen molar-refractivity contribution in [1.82, 2.24) is 15.3 Å². The molecule has 9 nitrogen and oxygen atoms in total. The van der Waals surface area contributed by atoms with E-state index in [1.807, 2.05) is 0 Å². The maximum atomic E-state index is 14.6. The Hall–Kier alpha value is -3.05. The number of hydrogen-bond donors (Lipinski definition) is 3. The van der Waals surface area contributed by atoms with E-state index < -0.39 is 35.1 Å². The van der Waals surface area contributed by atoms with Gasteiger partial charge < -0.3 is 29.6 Å². The highest BCUT2D eigenvalue weighted by Gasteiger charge is 2.33. The quantitative estimate of drug-likeness (QED) is 0.451. The van der Waals surface area contributed by atoms with Crippen molar-refractivity contribution in [2.45, 2.75) is 38.2 Å². The van der Waals surface area contributed by atoms with Gasteiger partial charge in [-0.25, -0.2) is 9.37 Å². The zero-order chi connectivity index (χ0) is 25.2. The molecule has 4 rings (SSSR count). The number of nitrogens with zero attached hydrogens (tertiary/aromatic N) is 1. The molecule has 0 aliphatic carbocycles. The average molecular weight is 506 g/mol. The van der Waals surface area contributed by atoms with E-state index in [4.69, 9.17) is 25.8 Å². The van der Waals surface area contributed by atoms with Crippen LogP contribution < -0.4 is 15.6 Å². The molecule has 3 N–H and O–H groups in total. The SMILES string of the molecule is CC(C)(O)C1COC(COc2c(F)ccc3nc(C(=O)NCc4cccc(Cl)c4)[nH]c(=O)c23)CO1. The van der Waals surface area contributed by atoms with Crippen LogP contribution in [-0.4, -0.2) is 58.6 Å². The third-order valence-electron chi connectivity index (χ3n) is 5.50. The van der Waals surface area contributed by atoms with Gasteiger partial charge in [0.15, 0.2) is 17.4 Å². The summed E-state index contributed by atoms with van der Waals surface area (Å²) in [7, 11) is 0. The van der Waals surface area contributed by atoms with Crippen LogP contribution in [0.2, 0.25) is 5.02 Å². The molecular formula is C24H25ClFN3O6.